The molecule has 6 heteroatoms. The zero-order valence-corrected chi connectivity index (χ0v) is 16.1. The average Bonchev–Trinajstić information content (AvgIpc) is 2.78. The van der Waals surface area contributed by atoms with Crippen LogP contribution in [0, 0.1) is 23.7 Å². The van der Waals surface area contributed by atoms with Gasteiger partial charge in [0, 0.05) is 0 Å². The molecule has 2 aromatic rings. The van der Waals surface area contributed by atoms with Gasteiger partial charge in [0.1, 0.15) is 0 Å². The molecule has 0 atom stereocenters. The molecule has 154 valence electrons. The fourth-order valence-corrected chi connectivity index (χ4v) is 1.54. The molecule has 2 rings (SSSR count). The van der Waals surface area contributed by atoms with E-state index >= 15 is 0 Å². The lowest BCUT2D eigenvalue weighted by Gasteiger charge is -1.88. The van der Waals surface area contributed by atoms with Gasteiger partial charge in [-0.15, -0.1) is 0 Å². The summed E-state index contributed by atoms with van der Waals surface area (Å²) in [6.07, 6.45) is 6.12. The Morgan fingerprint density at radius 2 is 1.00 bits per heavy atom. The van der Waals surface area contributed by atoms with Crippen molar-refractivity contribution in [1.29, 1.82) is 0 Å². The summed E-state index contributed by atoms with van der Waals surface area (Å²) in [7, 11) is 0. The van der Waals surface area contributed by atoms with Crippen molar-refractivity contribution in [2.75, 3.05) is 13.2 Å². The van der Waals surface area contributed by atoms with E-state index in [0.717, 1.165) is 0 Å². The van der Waals surface area contributed by atoms with Crippen LogP contribution in [0.25, 0.3) is 0 Å². The van der Waals surface area contributed by atoms with Gasteiger partial charge in [0.2, 0.25) is 0 Å². The van der Waals surface area contributed by atoms with Gasteiger partial charge in [0.15, 0.2) is 0 Å². The number of aliphatic hydroxyl groups excluding tert-OH is 2. The van der Waals surface area contributed by atoms with Gasteiger partial charge in [-0.1, -0.05) is 60.4 Å². The minimum Gasteiger partial charge on any atom is -0.478 e. The molecule has 30 heavy (non-hydrogen) atoms. The van der Waals surface area contributed by atoms with Crippen molar-refractivity contribution in [1.82, 2.24) is 0 Å². The third-order valence-corrected chi connectivity index (χ3v) is 2.86. The topological polar surface area (TPSA) is 115 Å². The first-order valence-corrected chi connectivity index (χ1v) is 8.62. The molecule has 0 spiro atoms. The van der Waals surface area contributed by atoms with Crippen molar-refractivity contribution in [2.45, 2.75) is 0 Å². The lowest BCUT2D eigenvalue weighted by atomic mass is 10.2. The second-order valence-electron chi connectivity index (χ2n) is 5.05. The number of aromatic carboxylic acids is 2. The number of hydrogen-bond acceptors (Lipinski definition) is 4. The number of allylic oxidation sites excluding steroid dienone is 2. The number of benzene rings is 2. The Morgan fingerprint density at radius 1 is 0.667 bits per heavy atom. The molecule has 2 aromatic carbocycles. The van der Waals surface area contributed by atoms with E-state index in [9.17, 15) is 9.59 Å². The molecule has 0 bridgehead atoms. The molecule has 0 saturated heterocycles. The Bertz CT molecular complexity index is 844. The smallest absolute Gasteiger partial charge is 0.335 e. The van der Waals surface area contributed by atoms with Gasteiger partial charge in [-0.05, 0) is 48.3 Å². The molecule has 0 saturated carbocycles. The number of rotatable bonds is 4. The van der Waals surface area contributed by atoms with Crippen LogP contribution in [-0.2, 0) is 0 Å². The highest BCUT2D eigenvalue weighted by atomic mass is 16.4. The Labute approximate surface area is 175 Å². The van der Waals surface area contributed by atoms with Gasteiger partial charge in [-0.2, -0.15) is 0 Å². The van der Waals surface area contributed by atoms with Gasteiger partial charge >= 0.3 is 11.9 Å². The molecular weight excluding hydrogens is 384 g/mol. The van der Waals surface area contributed by atoms with E-state index in [0.29, 0.717) is 11.1 Å². The molecule has 4 N–H and O–H groups in total. The summed E-state index contributed by atoms with van der Waals surface area (Å²) in [5, 5.41) is 33.4. The van der Waals surface area contributed by atoms with Crippen molar-refractivity contribution >= 4 is 11.9 Å². The van der Waals surface area contributed by atoms with Crippen LogP contribution in [0.15, 0.2) is 85.0 Å². The number of aliphatic hydroxyl groups is 2. The molecule has 6 nitrogen and oxygen atoms in total. The zero-order chi connectivity index (χ0) is 22.5. The van der Waals surface area contributed by atoms with Gasteiger partial charge in [-0.3, -0.25) is 0 Å². The van der Waals surface area contributed by atoms with Gasteiger partial charge in [0.25, 0.3) is 0 Å². The molecule has 0 aromatic heterocycles. The Morgan fingerprint density at radius 3 is 1.23 bits per heavy atom. The minimum atomic E-state index is -0.879. The largest absolute Gasteiger partial charge is 0.478 e. The third kappa shape index (κ3) is 15.0. The lowest BCUT2D eigenvalue weighted by Crippen LogP contribution is -1.93. The van der Waals surface area contributed by atoms with Crippen LogP contribution in [0.1, 0.15) is 20.7 Å². The molecule has 0 fully saturated rings. The molecule has 0 radical (unpaired) electrons. The fraction of sp³-hybridized carbons (Fsp3) is 0.0833. The van der Waals surface area contributed by atoms with Crippen molar-refractivity contribution < 1.29 is 30.0 Å². The summed E-state index contributed by atoms with van der Waals surface area (Å²) in [4.78, 5) is 20.4. The van der Waals surface area contributed by atoms with E-state index in [4.69, 9.17) is 20.4 Å². The van der Waals surface area contributed by atoms with Crippen LogP contribution in [-0.4, -0.2) is 45.6 Å². The van der Waals surface area contributed by atoms with Crippen molar-refractivity contribution in [3.63, 3.8) is 0 Å². The molecule has 0 aliphatic rings. The molecule has 0 unspecified atom stereocenters. The van der Waals surface area contributed by atoms with Crippen LogP contribution in [0.5, 0.6) is 0 Å². The van der Waals surface area contributed by atoms with Crippen LogP contribution in [0.4, 0.5) is 0 Å². The highest BCUT2D eigenvalue weighted by Crippen LogP contribution is 1.96. The van der Waals surface area contributed by atoms with Crippen molar-refractivity contribution in [3.05, 3.63) is 96.1 Å². The van der Waals surface area contributed by atoms with Gasteiger partial charge < -0.3 is 20.4 Å². The quantitative estimate of drug-likeness (QED) is 0.581. The van der Waals surface area contributed by atoms with E-state index < -0.39 is 11.9 Å². The first kappa shape index (κ1) is 25.9. The maximum Gasteiger partial charge on any atom is 0.335 e. The summed E-state index contributed by atoms with van der Waals surface area (Å²) in [5.41, 5.74) is 0.662. The molecular formula is C24H22O6. The summed E-state index contributed by atoms with van der Waals surface area (Å²) in [6, 6.07) is 16.6. The summed E-state index contributed by atoms with van der Waals surface area (Å²) in [5.74, 6) is 8.52. The monoisotopic (exact) mass is 406 g/mol. The van der Waals surface area contributed by atoms with E-state index in [1.54, 1.807) is 60.7 Å². The predicted octanol–water partition coefficient (Wildman–Crippen LogP) is 2.86. The highest BCUT2D eigenvalue weighted by molar-refractivity contribution is 5.87. The third-order valence-electron chi connectivity index (χ3n) is 2.86. The number of carbonyl (C=O) groups is 2. The van der Waals surface area contributed by atoms with E-state index in [1.807, 2.05) is 0 Å². The Balaban J connectivity index is 0.000000426. The first-order chi connectivity index (χ1) is 14.5. The number of carboxylic acid groups (broad SMARTS) is 2. The second-order valence-corrected chi connectivity index (χ2v) is 5.05. The molecule has 0 aliphatic heterocycles. The minimum absolute atomic E-state index is 0.00742. The fourth-order valence-electron chi connectivity index (χ4n) is 1.54. The standard InChI is InChI=1S/C10H10O2.2C7H6O2/c11-9-7-5-3-1-2-4-6-8-10-12;2*8-7(9)6-4-2-1-3-5-6/h5-8,11-12H,9-10H2;2*1-5H,(H,8,9)/b7-5+,8-6+;;. The van der Waals surface area contributed by atoms with Crippen LogP contribution in [0.2, 0.25) is 0 Å². The second kappa shape index (κ2) is 18.3. The van der Waals surface area contributed by atoms with E-state index in [1.165, 1.54) is 24.3 Å². The van der Waals surface area contributed by atoms with E-state index in [2.05, 4.69) is 23.7 Å². The molecule has 0 heterocycles. The van der Waals surface area contributed by atoms with Crippen molar-refractivity contribution in [2.24, 2.45) is 0 Å². The van der Waals surface area contributed by atoms with Gasteiger partial charge in [0.05, 0.1) is 24.3 Å². The Hall–Kier alpha value is -4.10. The summed E-state index contributed by atoms with van der Waals surface area (Å²) in [6.45, 7) is -0.0148. The SMILES string of the molecule is O=C(O)c1ccccc1.O=C(O)c1ccccc1.OC/C=C/C#CC#C/C=C/CO. The van der Waals surface area contributed by atoms with Crippen LogP contribution < -0.4 is 0 Å². The maximum atomic E-state index is 10.2. The summed E-state index contributed by atoms with van der Waals surface area (Å²) < 4.78 is 0. The molecule has 0 amide bonds. The highest BCUT2D eigenvalue weighted by Gasteiger charge is 1.97. The number of hydrogen-bond donors (Lipinski definition) is 4. The first-order valence-electron chi connectivity index (χ1n) is 8.62. The Kier molecular flexibility index (Phi) is 15.8. The van der Waals surface area contributed by atoms with Crippen LogP contribution in [0.3, 0.4) is 0 Å². The van der Waals surface area contributed by atoms with Crippen molar-refractivity contribution in [3.8, 4) is 23.7 Å². The van der Waals surface area contributed by atoms with E-state index in [-0.39, 0.29) is 13.2 Å². The predicted molar refractivity (Wildman–Crippen MR) is 115 cm³/mol. The maximum absolute atomic E-state index is 10.2. The van der Waals surface area contributed by atoms with Crippen LogP contribution >= 0.6 is 0 Å². The molecule has 0 aliphatic carbocycles. The average molecular weight is 406 g/mol. The number of carboxylic acids is 2. The summed E-state index contributed by atoms with van der Waals surface area (Å²) >= 11 is 0. The lowest BCUT2D eigenvalue weighted by molar-refractivity contribution is 0.0686. The zero-order valence-electron chi connectivity index (χ0n) is 16.1. The van der Waals surface area contributed by atoms with Gasteiger partial charge in [-0.25, -0.2) is 9.59 Å². The normalized spacial score (nSPS) is 9.00.